The SMILES string of the molecule is COCCCCO[C@@H](c1ccccc1)[C@@H]1CCCN(c2c(NC(CC3CCCCC3)C(O)CNCc3ccc(C#N)cc3)c(=O)c2=O)C1. The molecule has 3 aromatic carbocycles. The first-order chi connectivity index (χ1) is 23.5. The van der Waals surface area contributed by atoms with E-state index in [-0.39, 0.29) is 18.1 Å². The molecule has 0 amide bonds. The highest BCUT2D eigenvalue weighted by atomic mass is 16.5. The number of benzene rings is 2. The van der Waals surface area contributed by atoms with Crippen LogP contribution in [-0.2, 0) is 16.0 Å². The Hall–Kier alpha value is -3.55. The van der Waals surface area contributed by atoms with Crippen molar-refractivity contribution in [1.29, 1.82) is 5.26 Å². The summed E-state index contributed by atoms with van der Waals surface area (Å²) in [5.74, 6) is 0.627. The lowest BCUT2D eigenvalue weighted by Crippen LogP contribution is -2.50. The Bertz CT molecular complexity index is 1510. The third-order valence-electron chi connectivity index (χ3n) is 10.1. The number of piperidine rings is 1. The zero-order valence-corrected chi connectivity index (χ0v) is 28.4. The lowest BCUT2D eigenvalue weighted by Gasteiger charge is -2.40. The fraction of sp³-hybridized carbons (Fsp3) is 0.564. The van der Waals surface area contributed by atoms with Crippen molar-refractivity contribution in [1.82, 2.24) is 5.32 Å². The molecule has 1 saturated carbocycles. The monoisotopic (exact) mass is 656 g/mol. The van der Waals surface area contributed by atoms with Crippen LogP contribution in [0.1, 0.15) is 87.0 Å². The second kappa shape index (κ2) is 18.3. The van der Waals surface area contributed by atoms with Crippen LogP contribution in [0.15, 0.2) is 64.2 Å². The second-order valence-corrected chi connectivity index (χ2v) is 13.6. The molecule has 1 saturated heterocycles. The van der Waals surface area contributed by atoms with Gasteiger partial charge in [-0.1, -0.05) is 74.6 Å². The number of rotatable bonds is 18. The van der Waals surface area contributed by atoms with E-state index in [1.165, 1.54) is 19.3 Å². The molecule has 0 radical (unpaired) electrons. The molecule has 0 aromatic heterocycles. The van der Waals surface area contributed by atoms with E-state index >= 15 is 0 Å². The van der Waals surface area contributed by atoms with E-state index in [0.29, 0.717) is 62.2 Å². The van der Waals surface area contributed by atoms with E-state index < -0.39 is 17.0 Å². The van der Waals surface area contributed by atoms with Crippen LogP contribution in [0.5, 0.6) is 0 Å². The molecule has 3 aromatic rings. The molecule has 1 aliphatic heterocycles. The van der Waals surface area contributed by atoms with Crippen LogP contribution in [0.3, 0.4) is 0 Å². The van der Waals surface area contributed by atoms with Crippen molar-refractivity contribution in [3.05, 3.63) is 91.7 Å². The van der Waals surface area contributed by atoms with Gasteiger partial charge in [-0.3, -0.25) is 9.59 Å². The van der Waals surface area contributed by atoms with Crippen LogP contribution in [0, 0.1) is 23.2 Å². The number of nitriles is 1. The molecule has 5 rings (SSSR count). The third-order valence-corrected chi connectivity index (χ3v) is 10.1. The van der Waals surface area contributed by atoms with E-state index in [9.17, 15) is 14.7 Å². The van der Waals surface area contributed by atoms with Crippen LogP contribution in [0.4, 0.5) is 11.4 Å². The highest BCUT2D eigenvalue weighted by molar-refractivity contribution is 5.75. The maximum Gasteiger partial charge on any atom is 0.253 e. The number of ether oxygens (including phenoxy) is 2. The zero-order chi connectivity index (χ0) is 33.7. The van der Waals surface area contributed by atoms with Gasteiger partial charge < -0.3 is 30.1 Å². The Morgan fingerprint density at radius 2 is 1.71 bits per heavy atom. The molecule has 4 atom stereocenters. The van der Waals surface area contributed by atoms with Gasteiger partial charge in [0.05, 0.1) is 29.9 Å². The number of hydrogen-bond donors (Lipinski definition) is 3. The van der Waals surface area contributed by atoms with Crippen LogP contribution >= 0.6 is 0 Å². The maximum atomic E-state index is 13.2. The summed E-state index contributed by atoms with van der Waals surface area (Å²) in [5.41, 5.74) is 2.64. The predicted octanol–water partition coefficient (Wildman–Crippen LogP) is 5.46. The fourth-order valence-electron chi connectivity index (χ4n) is 7.46. The number of unbranched alkanes of at least 4 members (excludes halogenated alkanes) is 1. The van der Waals surface area contributed by atoms with Gasteiger partial charge in [0.1, 0.15) is 11.4 Å². The Labute approximate surface area is 285 Å². The number of aliphatic hydroxyl groups is 1. The zero-order valence-electron chi connectivity index (χ0n) is 28.4. The van der Waals surface area contributed by atoms with Crippen LogP contribution in [-0.4, -0.2) is 57.2 Å². The molecule has 0 bridgehead atoms. The smallest absolute Gasteiger partial charge is 0.253 e. The molecule has 258 valence electrons. The van der Waals surface area contributed by atoms with Crippen molar-refractivity contribution >= 4 is 11.4 Å². The molecule has 2 fully saturated rings. The first kappa shape index (κ1) is 35.7. The van der Waals surface area contributed by atoms with Gasteiger partial charge in [0.15, 0.2) is 0 Å². The second-order valence-electron chi connectivity index (χ2n) is 13.6. The summed E-state index contributed by atoms with van der Waals surface area (Å²) in [7, 11) is 1.71. The summed E-state index contributed by atoms with van der Waals surface area (Å²) in [6, 6.07) is 19.5. The standard InChI is InChI=1S/C39H52N4O5/c1-47-21-8-9-22-48-39(31-13-6-3-7-14-31)32-15-10-20-43(27-32)36-35(37(45)38(36)46)42-33(23-28-11-4-2-5-12-28)34(44)26-41-25-30-18-16-29(24-40)17-19-30/h3,6-7,13-14,16-19,28,32-34,39,41-42,44H,2,4-5,8-12,15,20-23,25-27H2,1H3/t32-,33?,34?,39+/m1/s1. The molecular formula is C39H52N4O5. The molecule has 1 aliphatic carbocycles. The van der Waals surface area contributed by atoms with Crippen LogP contribution in [0.25, 0.3) is 0 Å². The number of aliphatic hydroxyl groups excluding tert-OH is 1. The summed E-state index contributed by atoms with van der Waals surface area (Å²) in [4.78, 5) is 28.4. The van der Waals surface area contributed by atoms with Crippen molar-refractivity contribution in [2.24, 2.45) is 11.8 Å². The van der Waals surface area contributed by atoms with Crippen molar-refractivity contribution in [2.75, 3.05) is 50.2 Å². The molecule has 2 unspecified atom stereocenters. The van der Waals surface area contributed by atoms with Gasteiger partial charge >= 0.3 is 0 Å². The van der Waals surface area contributed by atoms with Crippen molar-refractivity contribution < 1.29 is 14.6 Å². The highest BCUT2D eigenvalue weighted by Gasteiger charge is 2.35. The Morgan fingerprint density at radius 1 is 0.958 bits per heavy atom. The maximum absolute atomic E-state index is 13.2. The molecule has 1 heterocycles. The number of nitrogens with zero attached hydrogens (tertiary/aromatic N) is 2. The number of nitrogens with one attached hydrogen (secondary N) is 2. The molecular weight excluding hydrogens is 604 g/mol. The minimum absolute atomic E-state index is 0.109. The fourth-order valence-corrected chi connectivity index (χ4v) is 7.46. The first-order valence-corrected chi connectivity index (χ1v) is 17.9. The third kappa shape index (κ3) is 9.54. The Morgan fingerprint density at radius 3 is 2.44 bits per heavy atom. The van der Waals surface area contributed by atoms with Gasteiger partial charge in [0, 0.05) is 52.4 Å². The quantitative estimate of drug-likeness (QED) is 0.121. The summed E-state index contributed by atoms with van der Waals surface area (Å²) >= 11 is 0. The van der Waals surface area contributed by atoms with Crippen molar-refractivity contribution in [3.63, 3.8) is 0 Å². The summed E-state index contributed by atoms with van der Waals surface area (Å²) in [6.45, 7) is 3.55. The van der Waals surface area contributed by atoms with Crippen molar-refractivity contribution in [2.45, 2.75) is 89.0 Å². The predicted molar refractivity (Wildman–Crippen MR) is 190 cm³/mol. The number of anilines is 2. The average Bonchev–Trinajstić information content (AvgIpc) is 3.13. The Kier molecular flexibility index (Phi) is 13.6. The molecule has 9 heteroatoms. The van der Waals surface area contributed by atoms with Gasteiger partial charge in [-0.2, -0.15) is 5.26 Å². The van der Waals surface area contributed by atoms with Gasteiger partial charge in [0.2, 0.25) is 0 Å². The largest absolute Gasteiger partial charge is 0.390 e. The normalized spacial score (nSPS) is 19.1. The van der Waals surface area contributed by atoms with Crippen molar-refractivity contribution in [3.8, 4) is 6.07 Å². The Balaban J connectivity index is 1.28. The van der Waals surface area contributed by atoms with Gasteiger partial charge in [-0.25, -0.2) is 0 Å². The summed E-state index contributed by atoms with van der Waals surface area (Å²) in [5, 5.41) is 27.3. The van der Waals surface area contributed by atoms with E-state index in [1.54, 1.807) is 19.2 Å². The molecule has 2 aliphatic rings. The van der Waals surface area contributed by atoms with Crippen LogP contribution < -0.4 is 26.4 Å². The van der Waals surface area contributed by atoms with Gasteiger partial charge in [-0.05, 0) is 61.3 Å². The van der Waals surface area contributed by atoms with Crippen LogP contribution in [0.2, 0.25) is 0 Å². The number of hydrogen-bond acceptors (Lipinski definition) is 9. The average molecular weight is 657 g/mol. The molecule has 48 heavy (non-hydrogen) atoms. The van der Waals surface area contributed by atoms with E-state index in [1.807, 2.05) is 30.3 Å². The molecule has 3 N–H and O–H groups in total. The van der Waals surface area contributed by atoms with E-state index in [4.69, 9.17) is 14.7 Å². The van der Waals surface area contributed by atoms with E-state index in [0.717, 1.165) is 56.1 Å². The number of methoxy groups -OCH3 is 1. The molecule has 9 nitrogen and oxygen atoms in total. The summed E-state index contributed by atoms with van der Waals surface area (Å²) < 4.78 is 11.7. The highest BCUT2D eigenvalue weighted by Crippen LogP contribution is 2.36. The minimum Gasteiger partial charge on any atom is -0.390 e. The first-order valence-electron chi connectivity index (χ1n) is 17.9. The molecule has 0 spiro atoms. The van der Waals surface area contributed by atoms with Gasteiger partial charge in [0.25, 0.3) is 10.9 Å². The van der Waals surface area contributed by atoms with E-state index in [2.05, 4.69) is 33.7 Å². The summed E-state index contributed by atoms with van der Waals surface area (Å²) in [6.07, 6.45) is 9.42. The topological polar surface area (TPSA) is 124 Å². The minimum atomic E-state index is -0.759. The van der Waals surface area contributed by atoms with Gasteiger partial charge in [-0.15, -0.1) is 0 Å². The lowest BCUT2D eigenvalue weighted by atomic mass is 9.83. The lowest BCUT2D eigenvalue weighted by molar-refractivity contribution is 0.00229.